The maximum atomic E-state index is 9.19. The van der Waals surface area contributed by atoms with Crippen LogP contribution in [0.25, 0.3) is 5.65 Å². The van der Waals surface area contributed by atoms with Crippen LogP contribution in [0.15, 0.2) is 12.3 Å². The molecule has 0 N–H and O–H groups in total. The van der Waals surface area contributed by atoms with Crippen molar-refractivity contribution < 1.29 is 4.74 Å². The van der Waals surface area contributed by atoms with Gasteiger partial charge in [-0.2, -0.15) is 5.26 Å². The number of anilines is 1. The normalized spacial score (nSPS) is 15.9. The molecule has 0 aromatic carbocycles. The summed E-state index contributed by atoms with van der Waals surface area (Å²) in [5.41, 5.74) is 2.03. The summed E-state index contributed by atoms with van der Waals surface area (Å²) in [4.78, 5) is 6.43. The van der Waals surface area contributed by atoms with E-state index in [1.807, 2.05) is 13.1 Å². The third-order valence-corrected chi connectivity index (χ3v) is 2.99. The molecule has 6 heteroatoms. The quantitative estimate of drug-likeness (QED) is 0.739. The lowest BCUT2D eigenvalue weighted by Gasteiger charge is -2.27. The number of nitriles is 1. The molecule has 1 fully saturated rings. The number of aryl methyl sites for hydroxylation is 1. The Morgan fingerprint density at radius 2 is 2.17 bits per heavy atom. The molecule has 1 aliphatic heterocycles. The van der Waals surface area contributed by atoms with E-state index in [1.165, 1.54) is 0 Å². The van der Waals surface area contributed by atoms with Crippen LogP contribution >= 0.6 is 0 Å². The Kier molecular flexibility index (Phi) is 2.61. The molecule has 0 atom stereocenters. The lowest BCUT2D eigenvalue weighted by Crippen LogP contribution is -2.37. The number of rotatable bonds is 1. The second-order valence-electron chi connectivity index (χ2n) is 4.28. The summed E-state index contributed by atoms with van der Waals surface area (Å²) in [5, 5.41) is 13.7. The molecule has 18 heavy (non-hydrogen) atoms. The Labute approximate surface area is 104 Å². The van der Waals surface area contributed by atoms with Gasteiger partial charge in [0.05, 0.1) is 25.1 Å². The first kappa shape index (κ1) is 11.0. The molecule has 0 amide bonds. The van der Waals surface area contributed by atoms with Crippen molar-refractivity contribution in [3.05, 3.63) is 23.5 Å². The maximum Gasteiger partial charge on any atom is 0.171 e. The number of ether oxygens (including phenoxy) is 1. The van der Waals surface area contributed by atoms with E-state index in [4.69, 9.17) is 4.74 Å². The second kappa shape index (κ2) is 4.27. The van der Waals surface area contributed by atoms with Gasteiger partial charge in [0, 0.05) is 19.2 Å². The van der Waals surface area contributed by atoms with Gasteiger partial charge in [0.1, 0.15) is 11.6 Å². The molecule has 1 aliphatic rings. The fourth-order valence-corrected chi connectivity index (χ4v) is 2.11. The van der Waals surface area contributed by atoms with E-state index in [0.29, 0.717) is 24.4 Å². The number of hydrogen-bond acceptors (Lipinski definition) is 5. The van der Waals surface area contributed by atoms with Gasteiger partial charge in [0.25, 0.3) is 0 Å². The molecule has 0 unspecified atom stereocenters. The average molecular weight is 243 g/mol. The van der Waals surface area contributed by atoms with Crippen molar-refractivity contribution in [3.8, 4) is 6.07 Å². The molecular formula is C12H13N5O. The molecule has 0 spiro atoms. The Hall–Kier alpha value is -2.13. The van der Waals surface area contributed by atoms with Crippen LogP contribution in [0.5, 0.6) is 0 Å². The number of aromatic nitrogens is 3. The Bertz CT molecular complexity index is 621. The molecule has 92 valence electrons. The summed E-state index contributed by atoms with van der Waals surface area (Å²) >= 11 is 0. The fourth-order valence-electron chi connectivity index (χ4n) is 2.11. The summed E-state index contributed by atoms with van der Waals surface area (Å²) in [6.07, 6.45) is 1.83. The first-order chi connectivity index (χ1) is 8.78. The summed E-state index contributed by atoms with van der Waals surface area (Å²) < 4.78 is 7.00. The number of hydrogen-bond donors (Lipinski definition) is 0. The maximum absolute atomic E-state index is 9.19. The molecule has 3 heterocycles. The van der Waals surface area contributed by atoms with Crippen LogP contribution in [-0.2, 0) is 4.74 Å². The predicted octanol–water partition coefficient (Wildman–Crippen LogP) is 0.746. The largest absolute Gasteiger partial charge is 0.378 e. The van der Waals surface area contributed by atoms with Gasteiger partial charge in [-0.25, -0.2) is 9.50 Å². The van der Waals surface area contributed by atoms with Gasteiger partial charge in [-0.15, -0.1) is 5.10 Å². The monoisotopic (exact) mass is 243 g/mol. The second-order valence-corrected chi connectivity index (χ2v) is 4.28. The molecule has 0 bridgehead atoms. The van der Waals surface area contributed by atoms with E-state index in [9.17, 15) is 5.26 Å². The fraction of sp³-hybridized carbons (Fsp3) is 0.417. The molecule has 0 aliphatic carbocycles. The predicted molar refractivity (Wildman–Crippen MR) is 65.5 cm³/mol. The average Bonchev–Trinajstić information content (AvgIpc) is 2.78. The van der Waals surface area contributed by atoms with Crippen molar-refractivity contribution in [1.82, 2.24) is 14.6 Å². The lowest BCUT2D eigenvalue weighted by atomic mass is 10.3. The van der Waals surface area contributed by atoms with Crippen LogP contribution < -0.4 is 4.90 Å². The van der Waals surface area contributed by atoms with E-state index in [2.05, 4.69) is 21.1 Å². The van der Waals surface area contributed by atoms with Crippen molar-refractivity contribution in [2.75, 3.05) is 31.2 Å². The summed E-state index contributed by atoms with van der Waals surface area (Å²) in [6.45, 7) is 4.90. The zero-order valence-electron chi connectivity index (χ0n) is 10.1. The van der Waals surface area contributed by atoms with Crippen LogP contribution in [0.2, 0.25) is 0 Å². The highest BCUT2D eigenvalue weighted by atomic mass is 16.5. The van der Waals surface area contributed by atoms with E-state index in [-0.39, 0.29) is 0 Å². The van der Waals surface area contributed by atoms with E-state index in [1.54, 1.807) is 10.6 Å². The third-order valence-electron chi connectivity index (χ3n) is 2.99. The van der Waals surface area contributed by atoms with Gasteiger partial charge in [0.15, 0.2) is 11.5 Å². The van der Waals surface area contributed by atoms with Crippen molar-refractivity contribution in [1.29, 1.82) is 5.26 Å². The highest BCUT2D eigenvalue weighted by molar-refractivity contribution is 5.59. The molecule has 0 saturated carbocycles. The highest BCUT2D eigenvalue weighted by Crippen LogP contribution is 2.17. The minimum absolute atomic E-state index is 0.555. The zero-order chi connectivity index (χ0) is 12.5. The van der Waals surface area contributed by atoms with Crippen LogP contribution in [0.1, 0.15) is 11.3 Å². The number of nitrogens with zero attached hydrogens (tertiary/aromatic N) is 5. The summed E-state index contributed by atoms with van der Waals surface area (Å²) in [7, 11) is 0. The zero-order valence-corrected chi connectivity index (χ0v) is 10.1. The van der Waals surface area contributed by atoms with Gasteiger partial charge in [-0.3, -0.25) is 0 Å². The smallest absolute Gasteiger partial charge is 0.171 e. The van der Waals surface area contributed by atoms with Gasteiger partial charge >= 0.3 is 0 Å². The minimum Gasteiger partial charge on any atom is -0.378 e. The Morgan fingerprint density at radius 3 is 2.89 bits per heavy atom. The van der Waals surface area contributed by atoms with Crippen LogP contribution in [0.3, 0.4) is 0 Å². The molecule has 1 saturated heterocycles. The van der Waals surface area contributed by atoms with Crippen molar-refractivity contribution in [2.45, 2.75) is 6.92 Å². The first-order valence-electron chi connectivity index (χ1n) is 5.88. The topological polar surface area (TPSA) is 66.5 Å². The van der Waals surface area contributed by atoms with Crippen molar-refractivity contribution >= 4 is 11.5 Å². The molecule has 2 aromatic heterocycles. The molecule has 0 radical (unpaired) electrons. The standard InChI is InChI=1S/C12H13N5O/c1-9-8-17-12(14-9)10(7-13)6-11(15-17)16-2-4-18-5-3-16/h6,8H,2-5H2,1H3. The highest BCUT2D eigenvalue weighted by Gasteiger charge is 2.16. The first-order valence-corrected chi connectivity index (χ1v) is 5.88. The summed E-state index contributed by atoms with van der Waals surface area (Å²) in [6, 6.07) is 3.98. The van der Waals surface area contributed by atoms with Gasteiger partial charge in [-0.05, 0) is 6.92 Å². The van der Waals surface area contributed by atoms with Gasteiger partial charge in [0.2, 0.25) is 0 Å². The Morgan fingerprint density at radius 1 is 1.39 bits per heavy atom. The van der Waals surface area contributed by atoms with Crippen molar-refractivity contribution in [3.63, 3.8) is 0 Å². The summed E-state index contributed by atoms with van der Waals surface area (Å²) in [5.74, 6) is 0.805. The van der Waals surface area contributed by atoms with Crippen LogP contribution in [0, 0.1) is 18.3 Å². The number of imidazole rings is 1. The minimum atomic E-state index is 0.555. The number of morpholine rings is 1. The molecular weight excluding hydrogens is 230 g/mol. The van der Waals surface area contributed by atoms with Crippen LogP contribution in [-0.4, -0.2) is 40.9 Å². The van der Waals surface area contributed by atoms with Gasteiger partial charge < -0.3 is 9.64 Å². The van der Waals surface area contributed by atoms with Crippen molar-refractivity contribution in [2.24, 2.45) is 0 Å². The van der Waals surface area contributed by atoms with E-state index in [0.717, 1.165) is 24.6 Å². The van der Waals surface area contributed by atoms with Gasteiger partial charge in [-0.1, -0.05) is 0 Å². The molecule has 3 rings (SSSR count). The Balaban J connectivity index is 2.10. The molecule has 6 nitrogen and oxygen atoms in total. The third kappa shape index (κ3) is 1.79. The van der Waals surface area contributed by atoms with E-state index >= 15 is 0 Å². The molecule has 2 aromatic rings. The van der Waals surface area contributed by atoms with Crippen LogP contribution in [0.4, 0.5) is 5.82 Å². The SMILES string of the molecule is Cc1cn2nc(N3CCOCC3)cc(C#N)c2n1. The van der Waals surface area contributed by atoms with E-state index < -0.39 is 0 Å². The number of fused-ring (bicyclic) bond motifs is 1. The lowest BCUT2D eigenvalue weighted by molar-refractivity contribution is 0.122.